The van der Waals surface area contributed by atoms with E-state index < -0.39 is 10.0 Å². The minimum Gasteiger partial charge on any atom is -0.353 e. The Hall–Kier alpha value is -0.920. The molecule has 1 saturated carbocycles. The topological polar surface area (TPSA) is 66.5 Å². The fraction of sp³-hybridized carbons (Fsp3) is 0.706. The summed E-state index contributed by atoms with van der Waals surface area (Å²) in [6, 6.07) is 3.69. The van der Waals surface area contributed by atoms with E-state index in [2.05, 4.69) is 12.2 Å². The monoisotopic (exact) mass is 370 g/mol. The van der Waals surface area contributed by atoms with Gasteiger partial charge in [-0.15, -0.1) is 11.3 Å². The molecule has 0 radical (unpaired) electrons. The van der Waals surface area contributed by atoms with Crippen LogP contribution in [0.1, 0.15) is 45.4 Å². The van der Waals surface area contributed by atoms with Crippen molar-refractivity contribution in [2.75, 3.05) is 13.1 Å². The van der Waals surface area contributed by atoms with E-state index in [0.29, 0.717) is 42.1 Å². The van der Waals surface area contributed by atoms with Gasteiger partial charge in [0, 0.05) is 25.0 Å². The van der Waals surface area contributed by atoms with Gasteiger partial charge in [0.2, 0.25) is 5.91 Å². The highest BCUT2D eigenvalue weighted by Gasteiger charge is 2.33. The smallest absolute Gasteiger partial charge is 0.252 e. The van der Waals surface area contributed by atoms with E-state index in [1.165, 1.54) is 28.5 Å². The van der Waals surface area contributed by atoms with Crippen molar-refractivity contribution in [1.82, 2.24) is 9.62 Å². The van der Waals surface area contributed by atoms with E-state index in [1.54, 1.807) is 17.5 Å². The largest absolute Gasteiger partial charge is 0.353 e. The Bertz CT molecular complexity index is 649. The average molecular weight is 371 g/mol. The van der Waals surface area contributed by atoms with Gasteiger partial charge in [-0.05, 0) is 43.0 Å². The molecule has 2 unspecified atom stereocenters. The van der Waals surface area contributed by atoms with Crippen LogP contribution < -0.4 is 5.32 Å². The third kappa shape index (κ3) is 4.00. The number of nitrogens with zero attached hydrogens (tertiary/aromatic N) is 1. The number of hydrogen-bond donors (Lipinski definition) is 1. The number of piperidine rings is 1. The molecule has 3 rings (SSSR count). The lowest BCUT2D eigenvalue weighted by Gasteiger charge is -2.32. The molecule has 1 saturated heterocycles. The summed E-state index contributed by atoms with van der Waals surface area (Å²) in [4.78, 5) is 12.5. The maximum Gasteiger partial charge on any atom is 0.252 e. The number of nitrogens with one attached hydrogen (secondary N) is 1. The number of carbonyl (C=O) groups excluding carboxylic acids is 1. The van der Waals surface area contributed by atoms with Crippen LogP contribution in [0.2, 0.25) is 0 Å². The van der Waals surface area contributed by atoms with Gasteiger partial charge < -0.3 is 5.32 Å². The highest BCUT2D eigenvalue weighted by Crippen LogP contribution is 2.27. The molecule has 2 heterocycles. The van der Waals surface area contributed by atoms with Gasteiger partial charge >= 0.3 is 0 Å². The highest BCUT2D eigenvalue weighted by molar-refractivity contribution is 7.91. The van der Waals surface area contributed by atoms with E-state index in [4.69, 9.17) is 0 Å². The third-order valence-corrected chi connectivity index (χ3v) is 8.47. The molecule has 134 valence electrons. The van der Waals surface area contributed by atoms with E-state index >= 15 is 0 Å². The van der Waals surface area contributed by atoms with Gasteiger partial charge in [-0.1, -0.05) is 25.8 Å². The second kappa shape index (κ2) is 7.54. The van der Waals surface area contributed by atoms with Crippen molar-refractivity contribution in [1.29, 1.82) is 0 Å². The van der Waals surface area contributed by atoms with Gasteiger partial charge in [-0.2, -0.15) is 4.31 Å². The molecule has 1 aliphatic carbocycles. The predicted octanol–water partition coefficient (Wildman–Crippen LogP) is 2.84. The van der Waals surface area contributed by atoms with E-state index in [-0.39, 0.29) is 11.8 Å². The van der Waals surface area contributed by atoms with Crippen LogP contribution in [-0.4, -0.2) is 37.8 Å². The zero-order valence-electron chi connectivity index (χ0n) is 14.1. The molecule has 5 nitrogen and oxygen atoms in total. The molecular weight excluding hydrogens is 344 g/mol. The first-order valence-electron chi connectivity index (χ1n) is 8.81. The van der Waals surface area contributed by atoms with Gasteiger partial charge in [0.05, 0.1) is 0 Å². The van der Waals surface area contributed by atoms with E-state index in [0.717, 1.165) is 12.8 Å². The molecule has 0 spiro atoms. The molecule has 1 aliphatic heterocycles. The van der Waals surface area contributed by atoms with E-state index in [1.807, 2.05) is 0 Å². The van der Waals surface area contributed by atoms with E-state index in [9.17, 15) is 13.2 Å². The zero-order chi connectivity index (χ0) is 17.2. The van der Waals surface area contributed by atoms with Crippen LogP contribution in [0.3, 0.4) is 0 Å². The lowest BCUT2D eigenvalue weighted by molar-refractivity contribution is -0.127. The van der Waals surface area contributed by atoms with Crippen molar-refractivity contribution in [3.8, 4) is 0 Å². The van der Waals surface area contributed by atoms with Crippen molar-refractivity contribution >= 4 is 27.3 Å². The Kier molecular flexibility index (Phi) is 5.62. The zero-order valence-corrected chi connectivity index (χ0v) is 15.7. The molecule has 1 aromatic rings. The molecule has 7 heteroatoms. The summed E-state index contributed by atoms with van der Waals surface area (Å²) in [5, 5.41) is 4.97. The Labute approximate surface area is 148 Å². The molecule has 0 aromatic carbocycles. The van der Waals surface area contributed by atoms with Crippen LogP contribution >= 0.6 is 11.3 Å². The molecule has 1 N–H and O–H groups in total. The Morgan fingerprint density at radius 3 is 2.62 bits per heavy atom. The number of thiophene rings is 1. The molecule has 2 atom stereocenters. The fourth-order valence-corrected chi connectivity index (χ4v) is 6.39. The van der Waals surface area contributed by atoms with Gasteiger partial charge in [-0.25, -0.2) is 8.42 Å². The lowest BCUT2D eigenvalue weighted by atomic mass is 9.86. The van der Waals surface area contributed by atoms with Crippen LogP contribution in [0, 0.1) is 11.8 Å². The minimum absolute atomic E-state index is 0.0583. The van der Waals surface area contributed by atoms with Crippen molar-refractivity contribution in [3.63, 3.8) is 0 Å². The van der Waals surface area contributed by atoms with Crippen LogP contribution in [0.15, 0.2) is 21.7 Å². The summed E-state index contributed by atoms with van der Waals surface area (Å²) in [7, 11) is -3.38. The second-order valence-electron chi connectivity index (χ2n) is 7.09. The maximum absolute atomic E-state index is 12.5. The summed E-state index contributed by atoms with van der Waals surface area (Å²) in [6.07, 6.45) is 5.80. The Morgan fingerprint density at radius 1 is 1.25 bits per heavy atom. The van der Waals surface area contributed by atoms with Crippen molar-refractivity contribution in [2.45, 2.75) is 55.7 Å². The fourth-order valence-electron chi connectivity index (χ4n) is 3.78. The molecule has 0 bridgehead atoms. The predicted molar refractivity (Wildman–Crippen MR) is 95.4 cm³/mol. The summed E-state index contributed by atoms with van der Waals surface area (Å²) >= 11 is 1.25. The first-order valence-corrected chi connectivity index (χ1v) is 11.1. The van der Waals surface area contributed by atoms with Gasteiger partial charge in [-0.3, -0.25) is 4.79 Å². The number of sulfonamides is 1. The first-order chi connectivity index (χ1) is 11.5. The quantitative estimate of drug-likeness (QED) is 0.886. The number of amides is 1. The van der Waals surface area contributed by atoms with Crippen molar-refractivity contribution in [2.24, 2.45) is 11.8 Å². The molecule has 2 fully saturated rings. The third-order valence-electron chi connectivity index (χ3n) is 5.20. The first kappa shape index (κ1) is 17.9. The summed E-state index contributed by atoms with van der Waals surface area (Å²) in [5.74, 6) is 0.737. The number of hydrogen-bond acceptors (Lipinski definition) is 4. The standard InChI is InChI=1S/C17H26N2O3S2/c1-13-4-2-5-15(12-13)18-17(20)14-7-9-19(10-8-14)24(21,22)16-6-3-11-23-16/h3,6,11,13-15H,2,4-5,7-10,12H2,1H3,(H,18,20). The Morgan fingerprint density at radius 2 is 2.00 bits per heavy atom. The number of rotatable bonds is 4. The summed E-state index contributed by atoms with van der Waals surface area (Å²) < 4.78 is 26.9. The highest BCUT2D eigenvalue weighted by atomic mass is 32.2. The van der Waals surface area contributed by atoms with Crippen molar-refractivity contribution < 1.29 is 13.2 Å². The normalized spacial score (nSPS) is 27.0. The van der Waals surface area contributed by atoms with Crippen LogP contribution in [0.4, 0.5) is 0 Å². The molecule has 1 aromatic heterocycles. The second-order valence-corrected chi connectivity index (χ2v) is 10.2. The molecule has 2 aliphatic rings. The van der Waals surface area contributed by atoms with Crippen LogP contribution in [0.25, 0.3) is 0 Å². The number of carbonyl (C=O) groups is 1. The van der Waals surface area contributed by atoms with Gasteiger partial charge in [0.15, 0.2) is 0 Å². The SMILES string of the molecule is CC1CCCC(NC(=O)C2CCN(S(=O)(=O)c3cccs3)CC2)C1. The molecule has 24 heavy (non-hydrogen) atoms. The van der Waals surface area contributed by atoms with Crippen LogP contribution in [-0.2, 0) is 14.8 Å². The average Bonchev–Trinajstić information content (AvgIpc) is 3.10. The van der Waals surface area contributed by atoms with Gasteiger partial charge in [0.1, 0.15) is 4.21 Å². The summed E-state index contributed by atoms with van der Waals surface area (Å²) in [5.41, 5.74) is 0. The molecule has 1 amide bonds. The lowest BCUT2D eigenvalue weighted by Crippen LogP contribution is -2.46. The Balaban J connectivity index is 1.52. The van der Waals surface area contributed by atoms with Crippen molar-refractivity contribution in [3.05, 3.63) is 17.5 Å². The maximum atomic E-state index is 12.5. The van der Waals surface area contributed by atoms with Gasteiger partial charge in [0.25, 0.3) is 10.0 Å². The summed E-state index contributed by atoms with van der Waals surface area (Å²) in [6.45, 7) is 3.10. The minimum atomic E-state index is -3.38. The molecular formula is C17H26N2O3S2. The van der Waals surface area contributed by atoms with Crippen LogP contribution in [0.5, 0.6) is 0 Å².